The van der Waals surface area contributed by atoms with Crippen LogP contribution < -0.4 is 14.5 Å². The lowest BCUT2D eigenvalue weighted by Crippen LogP contribution is -2.21. The fourth-order valence-corrected chi connectivity index (χ4v) is 3.95. The first-order valence-corrected chi connectivity index (χ1v) is 11.7. The van der Waals surface area contributed by atoms with Crippen molar-refractivity contribution in [1.82, 2.24) is 0 Å². The van der Waals surface area contributed by atoms with Crippen LogP contribution in [-0.4, -0.2) is 31.3 Å². The molecule has 0 atom stereocenters. The van der Waals surface area contributed by atoms with E-state index in [4.69, 9.17) is 25.8 Å². The highest BCUT2D eigenvalue weighted by Gasteiger charge is 2.29. The molecular formula is C28H25ClN2O5. The predicted molar refractivity (Wildman–Crippen MR) is 140 cm³/mol. The predicted octanol–water partition coefficient (Wildman–Crippen LogP) is 5.91. The Bertz CT molecular complexity index is 1330. The number of hydrogen-bond donors (Lipinski definition) is 0. The summed E-state index contributed by atoms with van der Waals surface area (Å²) in [7, 11) is 1.53. The molecule has 8 heteroatoms. The number of amides is 1. The Labute approximate surface area is 214 Å². The molecule has 4 rings (SSSR count). The summed E-state index contributed by atoms with van der Waals surface area (Å²) in [6, 6.07) is 19.7. The number of rotatable bonds is 8. The summed E-state index contributed by atoms with van der Waals surface area (Å²) >= 11 is 6.53. The Hall–Kier alpha value is -4.10. The second-order valence-electron chi connectivity index (χ2n) is 7.94. The van der Waals surface area contributed by atoms with Gasteiger partial charge in [0.25, 0.3) is 5.91 Å². The summed E-state index contributed by atoms with van der Waals surface area (Å²) in [5.74, 6) is 0.170. The molecule has 0 unspecified atom stereocenters. The molecule has 36 heavy (non-hydrogen) atoms. The van der Waals surface area contributed by atoms with E-state index >= 15 is 0 Å². The molecule has 1 aliphatic heterocycles. The number of benzene rings is 3. The van der Waals surface area contributed by atoms with Crippen molar-refractivity contribution in [1.29, 1.82) is 0 Å². The molecule has 3 aromatic carbocycles. The highest BCUT2D eigenvalue weighted by Crippen LogP contribution is 2.38. The van der Waals surface area contributed by atoms with Gasteiger partial charge >= 0.3 is 5.97 Å². The van der Waals surface area contributed by atoms with E-state index in [1.165, 1.54) is 12.1 Å². The van der Waals surface area contributed by atoms with Gasteiger partial charge in [-0.25, -0.2) is 4.79 Å². The molecule has 0 saturated heterocycles. The highest BCUT2D eigenvalue weighted by atomic mass is 35.5. The van der Waals surface area contributed by atoms with Crippen molar-refractivity contribution in [3.63, 3.8) is 0 Å². The molecule has 184 valence electrons. The van der Waals surface area contributed by atoms with Crippen LogP contribution in [0, 0.1) is 0 Å². The monoisotopic (exact) mass is 504 g/mol. The third-order valence-electron chi connectivity index (χ3n) is 5.47. The number of halogens is 1. The zero-order valence-corrected chi connectivity index (χ0v) is 20.9. The summed E-state index contributed by atoms with van der Waals surface area (Å²) in [5, 5.41) is 6.06. The van der Waals surface area contributed by atoms with Crippen molar-refractivity contribution in [2.24, 2.45) is 5.10 Å². The van der Waals surface area contributed by atoms with Crippen molar-refractivity contribution in [3.05, 3.63) is 94.0 Å². The number of hydrogen-bond acceptors (Lipinski definition) is 6. The lowest BCUT2D eigenvalue weighted by atomic mass is 10.1. The minimum atomic E-state index is -0.418. The molecule has 7 nitrogen and oxygen atoms in total. The molecular weight excluding hydrogens is 480 g/mol. The summed E-state index contributed by atoms with van der Waals surface area (Å²) in [6.07, 6.45) is 1.71. The number of ether oxygens (including phenoxy) is 3. The van der Waals surface area contributed by atoms with Gasteiger partial charge in [-0.3, -0.25) is 4.79 Å². The van der Waals surface area contributed by atoms with Gasteiger partial charge in [0.15, 0.2) is 11.5 Å². The SMILES string of the molecule is CCOC(=O)c1ccc(N2N=C(C)C(=Cc3cc(Cl)c(OCc4ccccc4)c(OC)c3)C2=O)cc1. The van der Waals surface area contributed by atoms with Gasteiger partial charge in [-0.15, -0.1) is 0 Å². The van der Waals surface area contributed by atoms with Crippen LogP contribution in [0.2, 0.25) is 5.02 Å². The Morgan fingerprint density at radius 3 is 2.47 bits per heavy atom. The Morgan fingerprint density at radius 2 is 1.81 bits per heavy atom. The normalized spacial score (nSPS) is 14.1. The van der Waals surface area contributed by atoms with Gasteiger partial charge in [-0.2, -0.15) is 10.1 Å². The van der Waals surface area contributed by atoms with Crippen molar-refractivity contribution in [3.8, 4) is 11.5 Å². The highest BCUT2D eigenvalue weighted by molar-refractivity contribution is 6.33. The smallest absolute Gasteiger partial charge is 0.338 e. The number of nitrogens with zero attached hydrogens (tertiary/aromatic N) is 2. The van der Waals surface area contributed by atoms with E-state index in [2.05, 4.69) is 5.10 Å². The summed E-state index contributed by atoms with van der Waals surface area (Å²) in [6.45, 7) is 4.13. The maximum Gasteiger partial charge on any atom is 0.338 e. The van der Waals surface area contributed by atoms with Crippen LogP contribution in [0.4, 0.5) is 5.69 Å². The van der Waals surface area contributed by atoms with Gasteiger partial charge in [0.1, 0.15) is 6.61 Å². The number of anilines is 1. The molecule has 0 N–H and O–H groups in total. The molecule has 1 heterocycles. The third kappa shape index (κ3) is 5.42. The van der Waals surface area contributed by atoms with Crippen LogP contribution in [0.1, 0.15) is 35.3 Å². The summed E-state index contributed by atoms with van der Waals surface area (Å²) in [5.41, 5.74) is 3.58. The van der Waals surface area contributed by atoms with Crippen molar-refractivity contribution in [2.75, 3.05) is 18.7 Å². The second-order valence-corrected chi connectivity index (χ2v) is 8.34. The fraction of sp³-hybridized carbons (Fsp3) is 0.179. The van der Waals surface area contributed by atoms with E-state index in [1.54, 1.807) is 56.3 Å². The van der Waals surface area contributed by atoms with Gasteiger partial charge in [-0.05, 0) is 67.4 Å². The maximum absolute atomic E-state index is 13.2. The van der Waals surface area contributed by atoms with Crippen LogP contribution in [0.3, 0.4) is 0 Å². The molecule has 0 radical (unpaired) electrons. The maximum atomic E-state index is 13.2. The Balaban J connectivity index is 1.55. The first-order valence-electron chi connectivity index (χ1n) is 11.3. The van der Waals surface area contributed by atoms with Gasteiger partial charge in [0, 0.05) is 0 Å². The molecule has 0 aromatic heterocycles. The van der Waals surface area contributed by atoms with Crippen LogP contribution in [0.5, 0.6) is 11.5 Å². The average molecular weight is 505 g/mol. The van der Waals surface area contributed by atoms with Gasteiger partial charge < -0.3 is 14.2 Å². The van der Waals surface area contributed by atoms with Gasteiger partial charge in [0.2, 0.25) is 0 Å². The van der Waals surface area contributed by atoms with E-state index in [0.717, 1.165) is 5.56 Å². The fourth-order valence-electron chi connectivity index (χ4n) is 3.67. The molecule has 1 aliphatic rings. The number of carbonyl (C=O) groups excluding carboxylic acids is 2. The number of esters is 1. The standard InChI is InChI=1S/C28H25ClN2O5/c1-4-35-28(33)21-10-12-22(13-11-21)31-27(32)23(18(2)30-31)14-20-15-24(29)26(25(16-20)34-3)36-17-19-8-6-5-7-9-19/h5-16H,4,17H2,1-3H3. The number of hydrazone groups is 1. The van der Waals surface area contributed by atoms with E-state index in [-0.39, 0.29) is 12.5 Å². The Kier molecular flexibility index (Phi) is 7.71. The van der Waals surface area contributed by atoms with E-state index in [1.807, 2.05) is 30.3 Å². The van der Waals surface area contributed by atoms with Gasteiger partial charge in [-0.1, -0.05) is 41.9 Å². The molecule has 3 aromatic rings. The summed E-state index contributed by atoms with van der Waals surface area (Å²) < 4.78 is 16.4. The zero-order valence-electron chi connectivity index (χ0n) is 20.2. The number of methoxy groups -OCH3 is 1. The largest absolute Gasteiger partial charge is 0.493 e. The van der Waals surface area contributed by atoms with Crippen LogP contribution >= 0.6 is 11.6 Å². The topological polar surface area (TPSA) is 77.4 Å². The van der Waals surface area contributed by atoms with Crippen LogP contribution in [0.25, 0.3) is 6.08 Å². The molecule has 1 amide bonds. The first kappa shape index (κ1) is 25.0. The summed E-state index contributed by atoms with van der Waals surface area (Å²) in [4.78, 5) is 25.1. The first-order chi connectivity index (χ1) is 17.4. The van der Waals surface area contributed by atoms with Crippen molar-refractivity contribution >= 4 is 41.0 Å². The third-order valence-corrected chi connectivity index (χ3v) is 5.76. The molecule has 0 bridgehead atoms. The van der Waals surface area contributed by atoms with E-state index in [0.29, 0.717) is 51.2 Å². The van der Waals surface area contributed by atoms with Crippen molar-refractivity contribution in [2.45, 2.75) is 20.5 Å². The number of carbonyl (C=O) groups is 2. The second kappa shape index (κ2) is 11.1. The van der Waals surface area contributed by atoms with E-state index < -0.39 is 5.97 Å². The Morgan fingerprint density at radius 1 is 1.08 bits per heavy atom. The zero-order chi connectivity index (χ0) is 25.7. The van der Waals surface area contributed by atoms with Crippen LogP contribution in [-0.2, 0) is 16.1 Å². The minimum Gasteiger partial charge on any atom is -0.493 e. The van der Waals surface area contributed by atoms with Crippen molar-refractivity contribution < 1.29 is 23.8 Å². The molecule has 0 fully saturated rings. The lowest BCUT2D eigenvalue weighted by Gasteiger charge is -2.14. The molecule has 0 saturated carbocycles. The molecule has 0 spiro atoms. The quantitative estimate of drug-likeness (QED) is 0.281. The van der Waals surface area contributed by atoms with Crippen LogP contribution in [0.15, 0.2) is 77.4 Å². The van der Waals surface area contributed by atoms with Gasteiger partial charge in [0.05, 0.1) is 41.3 Å². The minimum absolute atomic E-state index is 0.289. The van der Waals surface area contributed by atoms with E-state index in [9.17, 15) is 9.59 Å². The lowest BCUT2D eigenvalue weighted by molar-refractivity contribution is -0.114. The average Bonchev–Trinajstić information content (AvgIpc) is 3.17. The molecule has 0 aliphatic carbocycles.